The number of likely N-dealkylation sites (tertiary alicyclic amines) is 1. The molecule has 0 radical (unpaired) electrons. The fourth-order valence-electron chi connectivity index (χ4n) is 2.74. The van der Waals surface area contributed by atoms with Crippen molar-refractivity contribution < 1.29 is 14.7 Å². The van der Waals surface area contributed by atoms with Crippen molar-refractivity contribution in [2.75, 3.05) is 19.6 Å². The SMILES string of the molecule is O=C(O)CCCNC(=O)N1CCC(Cc2cccnc2)CC1. The molecule has 0 atom stereocenters. The van der Waals surface area contributed by atoms with Crippen LogP contribution in [0.5, 0.6) is 0 Å². The summed E-state index contributed by atoms with van der Waals surface area (Å²) in [5, 5.41) is 11.3. The maximum absolute atomic E-state index is 12.0. The van der Waals surface area contributed by atoms with Crippen LogP contribution >= 0.6 is 0 Å². The van der Waals surface area contributed by atoms with Crippen LogP contribution in [0.2, 0.25) is 0 Å². The first-order valence-corrected chi connectivity index (χ1v) is 7.78. The summed E-state index contributed by atoms with van der Waals surface area (Å²) in [5.41, 5.74) is 1.25. The molecule has 1 aliphatic heterocycles. The smallest absolute Gasteiger partial charge is 0.317 e. The van der Waals surface area contributed by atoms with Crippen molar-refractivity contribution in [3.8, 4) is 0 Å². The summed E-state index contributed by atoms with van der Waals surface area (Å²) in [6.07, 6.45) is 7.26. The topological polar surface area (TPSA) is 82.5 Å². The molecule has 0 unspecified atom stereocenters. The minimum atomic E-state index is -0.828. The lowest BCUT2D eigenvalue weighted by atomic mass is 9.91. The Kier molecular flexibility index (Phi) is 6.18. The molecule has 2 N–H and O–H groups in total. The van der Waals surface area contributed by atoms with Crippen LogP contribution in [0.3, 0.4) is 0 Å². The standard InChI is InChI=1S/C16H23N3O3/c20-15(21)4-2-8-18-16(22)19-9-5-13(6-10-19)11-14-3-1-7-17-12-14/h1,3,7,12-13H,2,4-6,8-11H2,(H,18,22)(H,20,21). The van der Waals surface area contributed by atoms with E-state index in [0.29, 0.717) is 18.9 Å². The third-order valence-electron chi connectivity index (χ3n) is 3.99. The zero-order chi connectivity index (χ0) is 15.8. The Morgan fingerprint density at radius 3 is 2.77 bits per heavy atom. The molecular weight excluding hydrogens is 282 g/mol. The average Bonchev–Trinajstić information content (AvgIpc) is 2.53. The van der Waals surface area contributed by atoms with Crippen molar-refractivity contribution in [2.45, 2.75) is 32.1 Å². The van der Waals surface area contributed by atoms with Crippen LogP contribution < -0.4 is 5.32 Å². The minimum Gasteiger partial charge on any atom is -0.481 e. The molecule has 2 heterocycles. The Morgan fingerprint density at radius 1 is 1.36 bits per heavy atom. The molecule has 120 valence electrons. The van der Waals surface area contributed by atoms with E-state index >= 15 is 0 Å². The van der Waals surface area contributed by atoms with Crippen LogP contribution in [-0.4, -0.2) is 46.6 Å². The fraction of sp³-hybridized carbons (Fsp3) is 0.562. The van der Waals surface area contributed by atoms with Crippen molar-refractivity contribution in [1.82, 2.24) is 15.2 Å². The molecule has 1 saturated heterocycles. The van der Waals surface area contributed by atoms with Crippen molar-refractivity contribution >= 4 is 12.0 Å². The van der Waals surface area contributed by atoms with Gasteiger partial charge in [0.15, 0.2) is 0 Å². The first kappa shape index (κ1) is 16.3. The number of urea groups is 1. The summed E-state index contributed by atoms with van der Waals surface area (Å²) in [5.74, 6) is -0.231. The Balaban J connectivity index is 1.66. The lowest BCUT2D eigenvalue weighted by Crippen LogP contribution is -2.45. The summed E-state index contributed by atoms with van der Waals surface area (Å²) in [7, 11) is 0. The number of aromatic nitrogens is 1. The molecule has 6 heteroatoms. The number of hydrogen-bond donors (Lipinski definition) is 2. The number of carboxylic acid groups (broad SMARTS) is 1. The van der Waals surface area contributed by atoms with E-state index < -0.39 is 5.97 Å². The van der Waals surface area contributed by atoms with Gasteiger partial charge in [0, 0.05) is 38.4 Å². The second-order valence-corrected chi connectivity index (χ2v) is 5.73. The summed E-state index contributed by atoms with van der Waals surface area (Å²) in [6, 6.07) is 3.97. The number of pyridine rings is 1. The first-order valence-electron chi connectivity index (χ1n) is 7.78. The maximum atomic E-state index is 12.0. The van der Waals surface area contributed by atoms with Crippen molar-refractivity contribution in [3.05, 3.63) is 30.1 Å². The van der Waals surface area contributed by atoms with Gasteiger partial charge in [0.1, 0.15) is 0 Å². The van der Waals surface area contributed by atoms with Crippen molar-refractivity contribution in [3.63, 3.8) is 0 Å². The van der Waals surface area contributed by atoms with E-state index in [0.717, 1.165) is 32.4 Å². The van der Waals surface area contributed by atoms with E-state index in [4.69, 9.17) is 5.11 Å². The monoisotopic (exact) mass is 305 g/mol. The third-order valence-corrected chi connectivity index (χ3v) is 3.99. The van der Waals surface area contributed by atoms with Crippen LogP contribution in [0.4, 0.5) is 4.79 Å². The van der Waals surface area contributed by atoms with Gasteiger partial charge in [-0.2, -0.15) is 0 Å². The van der Waals surface area contributed by atoms with Gasteiger partial charge in [-0.25, -0.2) is 4.79 Å². The number of carbonyl (C=O) groups is 2. The highest BCUT2D eigenvalue weighted by atomic mass is 16.4. The van der Waals surface area contributed by atoms with Gasteiger partial charge in [-0.05, 0) is 43.2 Å². The molecule has 0 bridgehead atoms. The number of carboxylic acids is 1. The Labute approximate surface area is 130 Å². The molecule has 6 nitrogen and oxygen atoms in total. The van der Waals surface area contributed by atoms with E-state index in [9.17, 15) is 9.59 Å². The van der Waals surface area contributed by atoms with Crippen LogP contribution in [0.1, 0.15) is 31.2 Å². The summed E-state index contributed by atoms with van der Waals surface area (Å²) < 4.78 is 0. The largest absolute Gasteiger partial charge is 0.481 e. The molecule has 0 aliphatic carbocycles. The second-order valence-electron chi connectivity index (χ2n) is 5.73. The highest BCUT2D eigenvalue weighted by Gasteiger charge is 2.22. The normalized spacial score (nSPS) is 15.5. The molecule has 0 spiro atoms. The van der Waals surface area contributed by atoms with Gasteiger partial charge in [-0.1, -0.05) is 6.07 Å². The number of piperidine rings is 1. The van der Waals surface area contributed by atoms with E-state index in [-0.39, 0.29) is 12.5 Å². The van der Waals surface area contributed by atoms with E-state index in [2.05, 4.69) is 16.4 Å². The highest BCUT2D eigenvalue weighted by molar-refractivity contribution is 5.74. The van der Waals surface area contributed by atoms with Crippen LogP contribution in [0.15, 0.2) is 24.5 Å². The summed E-state index contributed by atoms with van der Waals surface area (Å²) in [4.78, 5) is 28.3. The summed E-state index contributed by atoms with van der Waals surface area (Å²) in [6.45, 7) is 1.94. The number of hydrogen-bond acceptors (Lipinski definition) is 3. The fourth-order valence-corrected chi connectivity index (χ4v) is 2.74. The molecule has 22 heavy (non-hydrogen) atoms. The maximum Gasteiger partial charge on any atom is 0.317 e. The van der Waals surface area contributed by atoms with E-state index in [1.165, 1.54) is 5.56 Å². The van der Waals surface area contributed by atoms with Gasteiger partial charge in [0.2, 0.25) is 0 Å². The highest BCUT2D eigenvalue weighted by Crippen LogP contribution is 2.21. The summed E-state index contributed by atoms with van der Waals surface area (Å²) >= 11 is 0. The quantitative estimate of drug-likeness (QED) is 0.787. The molecule has 1 fully saturated rings. The van der Waals surface area contributed by atoms with Gasteiger partial charge in [-0.3, -0.25) is 9.78 Å². The van der Waals surface area contributed by atoms with E-state index in [1.54, 1.807) is 6.20 Å². The molecule has 1 aliphatic rings. The van der Waals surface area contributed by atoms with Gasteiger partial charge in [-0.15, -0.1) is 0 Å². The molecular formula is C16H23N3O3. The number of nitrogens with one attached hydrogen (secondary N) is 1. The zero-order valence-corrected chi connectivity index (χ0v) is 12.7. The molecule has 1 aromatic heterocycles. The van der Waals surface area contributed by atoms with Crippen molar-refractivity contribution in [1.29, 1.82) is 0 Å². The molecule has 2 rings (SSSR count). The van der Waals surface area contributed by atoms with Gasteiger partial charge >= 0.3 is 12.0 Å². The molecule has 2 amide bonds. The predicted molar refractivity (Wildman–Crippen MR) is 82.5 cm³/mol. The van der Waals surface area contributed by atoms with Gasteiger partial charge in [0.25, 0.3) is 0 Å². The van der Waals surface area contributed by atoms with Crippen LogP contribution in [0.25, 0.3) is 0 Å². The average molecular weight is 305 g/mol. The van der Waals surface area contributed by atoms with Crippen molar-refractivity contribution in [2.24, 2.45) is 5.92 Å². The Bertz CT molecular complexity index is 485. The van der Waals surface area contributed by atoms with Gasteiger partial charge in [0.05, 0.1) is 0 Å². The Morgan fingerprint density at radius 2 is 2.14 bits per heavy atom. The molecule has 1 aromatic rings. The number of carbonyl (C=O) groups excluding carboxylic acids is 1. The minimum absolute atomic E-state index is 0.0785. The number of rotatable bonds is 6. The van der Waals surface area contributed by atoms with Crippen LogP contribution in [0, 0.1) is 5.92 Å². The first-order chi connectivity index (χ1) is 10.6. The third kappa shape index (κ3) is 5.35. The predicted octanol–water partition coefficient (Wildman–Crippen LogP) is 1.91. The molecule has 0 aromatic carbocycles. The number of aliphatic carboxylic acids is 1. The van der Waals surface area contributed by atoms with Gasteiger partial charge < -0.3 is 15.3 Å². The molecule has 0 saturated carbocycles. The second kappa shape index (κ2) is 8.36. The lowest BCUT2D eigenvalue weighted by molar-refractivity contribution is -0.137. The van der Waals surface area contributed by atoms with Crippen LogP contribution in [-0.2, 0) is 11.2 Å². The number of nitrogens with zero attached hydrogens (tertiary/aromatic N) is 2. The van der Waals surface area contributed by atoms with E-state index in [1.807, 2.05) is 17.2 Å². The lowest BCUT2D eigenvalue weighted by Gasteiger charge is -2.32. The zero-order valence-electron chi connectivity index (χ0n) is 12.7. The Hall–Kier alpha value is -2.11. The number of amides is 2.